The maximum absolute atomic E-state index is 12.3. The normalized spacial score (nSPS) is 11.3. The number of anilines is 1. The number of rotatable bonds is 5. The van der Waals surface area contributed by atoms with E-state index in [4.69, 9.17) is 0 Å². The molecule has 3 rings (SSSR count). The Morgan fingerprint density at radius 1 is 0.957 bits per heavy atom. The number of aryl methyl sites for hydroxylation is 1. The SMILES string of the molecule is Cc1ccc(CS(=O)(=O)Nc2cccc(-n3cccc3)c2)cc1. The molecular weight excluding hydrogens is 308 g/mol. The Morgan fingerprint density at radius 3 is 2.35 bits per heavy atom. The maximum Gasteiger partial charge on any atom is 0.236 e. The molecule has 0 unspecified atom stereocenters. The number of nitrogens with zero attached hydrogens (tertiary/aromatic N) is 1. The van der Waals surface area contributed by atoms with Gasteiger partial charge >= 0.3 is 0 Å². The van der Waals surface area contributed by atoms with E-state index >= 15 is 0 Å². The Morgan fingerprint density at radius 2 is 1.65 bits per heavy atom. The fourth-order valence-electron chi connectivity index (χ4n) is 2.36. The Kier molecular flexibility index (Phi) is 4.21. The van der Waals surface area contributed by atoms with Gasteiger partial charge in [-0.05, 0) is 42.8 Å². The summed E-state index contributed by atoms with van der Waals surface area (Å²) < 4.78 is 29.2. The van der Waals surface area contributed by atoms with E-state index in [9.17, 15) is 8.42 Å². The molecule has 1 heterocycles. The third-order valence-corrected chi connectivity index (χ3v) is 4.76. The van der Waals surface area contributed by atoms with Crippen LogP contribution in [0.5, 0.6) is 0 Å². The average molecular weight is 326 g/mol. The first-order valence-electron chi connectivity index (χ1n) is 7.31. The van der Waals surface area contributed by atoms with Crippen molar-refractivity contribution in [3.05, 3.63) is 84.2 Å². The summed E-state index contributed by atoms with van der Waals surface area (Å²) in [7, 11) is -3.45. The van der Waals surface area contributed by atoms with Gasteiger partial charge in [0.15, 0.2) is 0 Å². The predicted molar refractivity (Wildman–Crippen MR) is 93.2 cm³/mol. The van der Waals surface area contributed by atoms with Crippen molar-refractivity contribution in [2.45, 2.75) is 12.7 Å². The molecule has 4 nitrogen and oxygen atoms in total. The highest BCUT2D eigenvalue weighted by atomic mass is 32.2. The Balaban J connectivity index is 1.78. The summed E-state index contributed by atoms with van der Waals surface area (Å²) in [6.07, 6.45) is 3.83. The minimum absolute atomic E-state index is 0.0406. The summed E-state index contributed by atoms with van der Waals surface area (Å²) in [5.74, 6) is -0.0406. The van der Waals surface area contributed by atoms with E-state index in [1.54, 1.807) is 6.07 Å². The average Bonchev–Trinajstić information content (AvgIpc) is 3.03. The number of hydrogen-bond donors (Lipinski definition) is 1. The van der Waals surface area contributed by atoms with Crippen LogP contribution in [-0.2, 0) is 15.8 Å². The van der Waals surface area contributed by atoms with Gasteiger partial charge in [0.25, 0.3) is 0 Å². The molecule has 0 amide bonds. The van der Waals surface area contributed by atoms with E-state index in [-0.39, 0.29) is 5.75 Å². The quantitative estimate of drug-likeness (QED) is 0.777. The lowest BCUT2D eigenvalue weighted by atomic mass is 10.2. The van der Waals surface area contributed by atoms with E-state index in [2.05, 4.69) is 4.72 Å². The molecule has 118 valence electrons. The lowest BCUT2D eigenvalue weighted by Gasteiger charge is -2.10. The molecule has 2 aromatic carbocycles. The van der Waals surface area contributed by atoms with Gasteiger partial charge in [0.2, 0.25) is 10.0 Å². The minimum Gasteiger partial charge on any atom is -0.324 e. The molecule has 0 radical (unpaired) electrons. The van der Waals surface area contributed by atoms with E-state index < -0.39 is 10.0 Å². The lowest BCUT2D eigenvalue weighted by Crippen LogP contribution is -2.15. The van der Waals surface area contributed by atoms with Gasteiger partial charge < -0.3 is 4.57 Å². The van der Waals surface area contributed by atoms with E-state index in [0.717, 1.165) is 16.8 Å². The van der Waals surface area contributed by atoms with Crippen LogP contribution in [-0.4, -0.2) is 13.0 Å². The molecule has 0 aliphatic carbocycles. The van der Waals surface area contributed by atoms with Crippen LogP contribution in [0.3, 0.4) is 0 Å². The van der Waals surface area contributed by atoms with Crippen molar-refractivity contribution in [2.75, 3.05) is 4.72 Å². The van der Waals surface area contributed by atoms with Gasteiger partial charge in [0.1, 0.15) is 0 Å². The van der Waals surface area contributed by atoms with Gasteiger partial charge in [-0.25, -0.2) is 8.42 Å². The summed E-state index contributed by atoms with van der Waals surface area (Å²) in [5, 5.41) is 0. The van der Waals surface area contributed by atoms with E-state index in [1.165, 1.54) is 0 Å². The Bertz CT molecular complexity index is 883. The molecule has 5 heteroatoms. The van der Waals surface area contributed by atoms with Crippen LogP contribution in [0.2, 0.25) is 0 Å². The number of benzene rings is 2. The molecule has 1 N–H and O–H groups in total. The molecule has 0 aliphatic rings. The molecule has 0 saturated heterocycles. The third kappa shape index (κ3) is 4.02. The van der Waals surface area contributed by atoms with Crippen LogP contribution in [0, 0.1) is 6.92 Å². The van der Waals surface area contributed by atoms with Crippen LogP contribution < -0.4 is 4.72 Å². The molecule has 0 bridgehead atoms. The molecule has 0 saturated carbocycles. The van der Waals surface area contributed by atoms with Crippen molar-refractivity contribution in [1.29, 1.82) is 0 Å². The van der Waals surface area contributed by atoms with Crippen LogP contribution in [0.15, 0.2) is 73.1 Å². The molecule has 1 aromatic heterocycles. The van der Waals surface area contributed by atoms with Crippen molar-refractivity contribution >= 4 is 15.7 Å². The lowest BCUT2D eigenvalue weighted by molar-refractivity contribution is 0.600. The number of hydrogen-bond acceptors (Lipinski definition) is 2. The summed E-state index contributed by atoms with van der Waals surface area (Å²) in [5.41, 5.74) is 3.34. The summed E-state index contributed by atoms with van der Waals surface area (Å²) in [6, 6.07) is 18.7. The first-order valence-corrected chi connectivity index (χ1v) is 8.96. The zero-order valence-corrected chi connectivity index (χ0v) is 13.6. The van der Waals surface area contributed by atoms with Crippen LogP contribution in [0.25, 0.3) is 5.69 Å². The van der Waals surface area contributed by atoms with Gasteiger partial charge in [-0.15, -0.1) is 0 Å². The van der Waals surface area contributed by atoms with Gasteiger partial charge in [0.05, 0.1) is 11.4 Å². The van der Waals surface area contributed by atoms with Crippen molar-refractivity contribution in [1.82, 2.24) is 4.57 Å². The smallest absolute Gasteiger partial charge is 0.236 e. The second-order valence-corrected chi connectivity index (χ2v) is 7.21. The van der Waals surface area contributed by atoms with E-state index in [1.807, 2.05) is 78.5 Å². The second kappa shape index (κ2) is 6.30. The fraction of sp³-hybridized carbons (Fsp3) is 0.111. The summed E-state index contributed by atoms with van der Waals surface area (Å²) in [4.78, 5) is 0. The highest BCUT2D eigenvalue weighted by Gasteiger charge is 2.12. The molecular formula is C18H18N2O2S. The Hall–Kier alpha value is -2.53. The Labute approximate surface area is 136 Å². The molecule has 0 aliphatic heterocycles. The molecule has 0 atom stereocenters. The molecule has 23 heavy (non-hydrogen) atoms. The minimum atomic E-state index is -3.45. The van der Waals surface area contributed by atoms with Crippen molar-refractivity contribution in [3.8, 4) is 5.69 Å². The van der Waals surface area contributed by atoms with Gasteiger partial charge in [-0.3, -0.25) is 4.72 Å². The number of sulfonamides is 1. The number of aromatic nitrogens is 1. The van der Waals surface area contributed by atoms with Crippen LogP contribution >= 0.6 is 0 Å². The van der Waals surface area contributed by atoms with Gasteiger partial charge in [0, 0.05) is 18.1 Å². The first-order chi connectivity index (χ1) is 11.0. The molecule has 0 spiro atoms. The zero-order valence-electron chi connectivity index (χ0n) is 12.8. The monoisotopic (exact) mass is 326 g/mol. The van der Waals surface area contributed by atoms with Gasteiger partial charge in [-0.2, -0.15) is 0 Å². The highest BCUT2D eigenvalue weighted by molar-refractivity contribution is 7.91. The largest absolute Gasteiger partial charge is 0.324 e. The fourth-order valence-corrected chi connectivity index (χ4v) is 3.55. The number of nitrogens with one attached hydrogen (secondary N) is 1. The first kappa shape index (κ1) is 15.4. The van der Waals surface area contributed by atoms with Crippen LogP contribution in [0.1, 0.15) is 11.1 Å². The maximum atomic E-state index is 12.3. The zero-order chi connectivity index (χ0) is 16.3. The standard InChI is InChI=1S/C18H18N2O2S/c1-15-7-9-16(10-8-15)14-23(21,22)19-17-5-4-6-18(13-17)20-11-2-3-12-20/h2-13,19H,14H2,1H3. The third-order valence-electron chi connectivity index (χ3n) is 3.50. The van der Waals surface area contributed by atoms with Crippen LogP contribution in [0.4, 0.5) is 5.69 Å². The summed E-state index contributed by atoms with van der Waals surface area (Å²) >= 11 is 0. The predicted octanol–water partition coefficient (Wildman–Crippen LogP) is 3.73. The topological polar surface area (TPSA) is 51.1 Å². The molecule has 3 aromatic rings. The highest BCUT2D eigenvalue weighted by Crippen LogP contribution is 2.17. The van der Waals surface area contributed by atoms with Crippen molar-refractivity contribution in [3.63, 3.8) is 0 Å². The van der Waals surface area contributed by atoms with Gasteiger partial charge in [-0.1, -0.05) is 35.9 Å². The van der Waals surface area contributed by atoms with E-state index in [0.29, 0.717) is 5.69 Å². The van der Waals surface area contributed by atoms with Crippen molar-refractivity contribution in [2.24, 2.45) is 0 Å². The molecule has 0 fully saturated rings. The van der Waals surface area contributed by atoms with Crippen molar-refractivity contribution < 1.29 is 8.42 Å². The summed E-state index contributed by atoms with van der Waals surface area (Å²) in [6.45, 7) is 1.98. The second-order valence-electron chi connectivity index (χ2n) is 5.49.